The zero-order chi connectivity index (χ0) is 39.3. The molecular formula is C55H38N2O2. The van der Waals surface area contributed by atoms with Crippen LogP contribution in [0, 0.1) is 6.92 Å². The number of benzene rings is 9. The molecule has 2 aromatic heterocycles. The van der Waals surface area contributed by atoms with Crippen molar-refractivity contribution in [2.24, 2.45) is 0 Å². The number of fused-ring (bicyclic) bond motifs is 6. The molecule has 9 aromatic carbocycles. The van der Waals surface area contributed by atoms with Crippen LogP contribution in [0.2, 0.25) is 0 Å². The fourth-order valence-corrected chi connectivity index (χ4v) is 8.46. The van der Waals surface area contributed by atoms with Gasteiger partial charge in [0.1, 0.15) is 22.3 Å². The first-order chi connectivity index (χ1) is 29.1. The van der Waals surface area contributed by atoms with E-state index in [1.165, 1.54) is 5.56 Å². The molecule has 0 saturated heterocycles. The summed E-state index contributed by atoms with van der Waals surface area (Å²) in [6.45, 7) is 2.13. The molecule has 0 aliphatic rings. The fraction of sp³-hybridized carbons (Fsp3) is 0.0182. The Kier molecular flexibility index (Phi) is 8.34. The Labute approximate surface area is 342 Å². The van der Waals surface area contributed by atoms with Crippen molar-refractivity contribution in [2.75, 3.05) is 9.80 Å². The molecule has 2 heterocycles. The highest BCUT2D eigenvalue weighted by molar-refractivity contribution is 6.09. The summed E-state index contributed by atoms with van der Waals surface area (Å²) in [4.78, 5) is 4.62. The Balaban J connectivity index is 1.10. The average molecular weight is 759 g/mol. The molecule has 0 radical (unpaired) electrons. The maximum Gasteiger partial charge on any atom is 0.137 e. The second kappa shape index (κ2) is 14.3. The summed E-state index contributed by atoms with van der Waals surface area (Å²) in [7, 11) is 0. The Hall–Kier alpha value is -7.82. The second-order valence-corrected chi connectivity index (χ2v) is 15.1. The first kappa shape index (κ1) is 34.4. The van der Waals surface area contributed by atoms with E-state index in [1.807, 2.05) is 12.1 Å². The maximum atomic E-state index is 6.71. The monoisotopic (exact) mass is 758 g/mol. The summed E-state index contributed by atoms with van der Waals surface area (Å²) >= 11 is 0. The van der Waals surface area contributed by atoms with Gasteiger partial charge in [-0.25, -0.2) is 0 Å². The molecule has 0 spiro atoms. The van der Waals surface area contributed by atoms with E-state index < -0.39 is 0 Å². The number of para-hydroxylation sites is 2. The van der Waals surface area contributed by atoms with E-state index in [1.54, 1.807) is 0 Å². The molecule has 0 unspecified atom stereocenters. The third-order valence-corrected chi connectivity index (χ3v) is 11.2. The van der Waals surface area contributed by atoms with Gasteiger partial charge in [0.2, 0.25) is 0 Å². The van der Waals surface area contributed by atoms with Gasteiger partial charge in [0, 0.05) is 67.8 Å². The normalized spacial score (nSPS) is 11.5. The van der Waals surface area contributed by atoms with Crippen molar-refractivity contribution in [1.82, 2.24) is 0 Å². The first-order valence-corrected chi connectivity index (χ1v) is 20.0. The van der Waals surface area contributed by atoms with Crippen LogP contribution in [0.3, 0.4) is 0 Å². The van der Waals surface area contributed by atoms with Gasteiger partial charge in [-0.3, -0.25) is 0 Å². The largest absolute Gasteiger partial charge is 0.456 e. The van der Waals surface area contributed by atoms with Crippen molar-refractivity contribution in [1.29, 1.82) is 0 Å². The lowest BCUT2D eigenvalue weighted by Gasteiger charge is -2.27. The zero-order valence-corrected chi connectivity index (χ0v) is 32.4. The fourth-order valence-electron chi connectivity index (χ4n) is 8.46. The lowest BCUT2D eigenvalue weighted by molar-refractivity contribution is 0.669. The van der Waals surface area contributed by atoms with Crippen LogP contribution in [0.1, 0.15) is 5.56 Å². The molecule has 11 rings (SSSR count). The predicted molar refractivity (Wildman–Crippen MR) is 246 cm³/mol. The molecule has 0 saturated carbocycles. The lowest BCUT2D eigenvalue weighted by atomic mass is 9.97. The summed E-state index contributed by atoms with van der Waals surface area (Å²) in [5.74, 6) is 0. The van der Waals surface area contributed by atoms with Gasteiger partial charge in [0.25, 0.3) is 0 Å². The summed E-state index contributed by atoms with van der Waals surface area (Å²) in [5.41, 5.74) is 15.4. The van der Waals surface area contributed by atoms with Crippen LogP contribution in [0.4, 0.5) is 34.1 Å². The smallest absolute Gasteiger partial charge is 0.137 e. The van der Waals surface area contributed by atoms with Crippen molar-refractivity contribution < 1.29 is 8.83 Å². The number of rotatable bonds is 8. The molecule has 0 fully saturated rings. The summed E-state index contributed by atoms with van der Waals surface area (Å²) < 4.78 is 13.2. The lowest BCUT2D eigenvalue weighted by Crippen LogP contribution is -2.10. The van der Waals surface area contributed by atoms with Gasteiger partial charge in [-0.2, -0.15) is 0 Å². The number of hydrogen-bond acceptors (Lipinski definition) is 4. The highest BCUT2D eigenvalue weighted by atomic mass is 16.3. The van der Waals surface area contributed by atoms with E-state index in [-0.39, 0.29) is 0 Å². The molecule has 0 N–H and O–H groups in total. The van der Waals surface area contributed by atoms with Gasteiger partial charge >= 0.3 is 0 Å². The van der Waals surface area contributed by atoms with Crippen molar-refractivity contribution in [3.8, 4) is 22.3 Å². The van der Waals surface area contributed by atoms with Crippen molar-refractivity contribution in [2.45, 2.75) is 6.92 Å². The number of anilines is 6. The number of hydrogen-bond donors (Lipinski definition) is 0. The van der Waals surface area contributed by atoms with Crippen LogP contribution in [0.25, 0.3) is 66.1 Å². The molecule has 4 nitrogen and oxygen atoms in total. The first-order valence-electron chi connectivity index (χ1n) is 20.0. The SMILES string of the molecule is Cc1cccc(N(c2ccccc2)c2ccc3oc4cc(N(c5cc(-c6ccccc6)cc(-c6ccccc6)c5)c5ccc6c(c5)oc5ccccc56)ccc4c3c2)c1. The molecule has 11 aromatic rings. The Bertz CT molecular complexity index is 3240. The molecule has 0 amide bonds. The zero-order valence-electron chi connectivity index (χ0n) is 32.4. The Morgan fingerprint density at radius 2 is 0.746 bits per heavy atom. The number of furan rings is 2. The van der Waals surface area contributed by atoms with E-state index in [0.29, 0.717) is 0 Å². The topological polar surface area (TPSA) is 32.8 Å². The second-order valence-electron chi connectivity index (χ2n) is 15.1. The predicted octanol–water partition coefficient (Wildman–Crippen LogP) is 16.1. The van der Waals surface area contributed by atoms with Gasteiger partial charge < -0.3 is 18.6 Å². The van der Waals surface area contributed by atoms with Crippen molar-refractivity contribution >= 4 is 78.0 Å². The number of aryl methyl sites for hydroxylation is 1. The van der Waals surface area contributed by atoms with Crippen LogP contribution in [0.15, 0.2) is 221 Å². The van der Waals surface area contributed by atoms with Crippen LogP contribution in [0.5, 0.6) is 0 Å². The van der Waals surface area contributed by atoms with Gasteiger partial charge in [-0.15, -0.1) is 0 Å². The van der Waals surface area contributed by atoms with Gasteiger partial charge in [0.05, 0.1) is 0 Å². The maximum absolute atomic E-state index is 6.71. The van der Waals surface area contributed by atoms with E-state index in [0.717, 1.165) is 100 Å². The van der Waals surface area contributed by atoms with Crippen LogP contribution >= 0.6 is 0 Å². The average Bonchev–Trinajstić information content (AvgIpc) is 3.85. The summed E-state index contributed by atoms with van der Waals surface area (Å²) in [6, 6.07) is 75.0. The molecular weight excluding hydrogens is 721 g/mol. The van der Waals surface area contributed by atoms with Gasteiger partial charge in [-0.05, 0) is 126 Å². The molecule has 4 heteroatoms. The van der Waals surface area contributed by atoms with Crippen molar-refractivity contribution in [3.63, 3.8) is 0 Å². The quantitative estimate of drug-likeness (QED) is 0.154. The van der Waals surface area contributed by atoms with Crippen molar-refractivity contribution in [3.05, 3.63) is 218 Å². The third kappa shape index (κ3) is 6.28. The van der Waals surface area contributed by atoms with Crippen LogP contribution in [-0.4, -0.2) is 0 Å². The Morgan fingerprint density at radius 1 is 0.271 bits per heavy atom. The van der Waals surface area contributed by atoms with E-state index >= 15 is 0 Å². The third-order valence-electron chi connectivity index (χ3n) is 11.2. The van der Waals surface area contributed by atoms with Gasteiger partial charge in [-0.1, -0.05) is 109 Å². The molecule has 0 aliphatic carbocycles. The summed E-state index contributed by atoms with van der Waals surface area (Å²) in [5, 5.41) is 4.31. The van der Waals surface area contributed by atoms with E-state index in [4.69, 9.17) is 8.83 Å². The molecule has 59 heavy (non-hydrogen) atoms. The highest BCUT2D eigenvalue weighted by Gasteiger charge is 2.21. The van der Waals surface area contributed by atoms with Gasteiger partial charge in [0.15, 0.2) is 0 Å². The summed E-state index contributed by atoms with van der Waals surface area (Å²) in [6.07, 6.45) is 0. The minimum Gasteiger partial charge on any atom is -0.456 e. The van der Waals surface area contributed by atoms with Crippen LogP contribution in [-0.2, 0) is 0 Å². The van der Waals surface area contributed by atoms with Crippen LogP contribution < -0.4 is 9.80 Å². The van der Waals surface area contributed by atoms with E-state index in [2.05, 4.69) is 217 Å². The minimum atomic E-state index is 0.814. The Morgan fingerprint density at radius 3 is 1.39 bits per heavy atom. The molecule has 0 atom stereocenters. The minimum absolute atomic E-state index is 0.814. The molecule has 0 bridgehead atoms. The molecule has 0 aliphatic heterocycles. The molecule has 280 valence electrons. The van der Waals surface area contributed by atoms with E-state index in [9.17, 15) is 0 Å². The standard InChI is InChI=1S/C55H38N2O2/c1-37-14-13-21-43(30-37)56(42-19-9-4-10-20-42)44-26-29-53-51(34-44)50-28-25-46(36-55(50)59-53)57(45-24-27-49-48-22-11-12-23-52(48)58-54(49)35-45)47-32-40(38-15-5-2-6-16-38)31-41(33-47)39-17-7-3-8-18-39/h2-36H,1H3. The number of nitrogens with zero attached hydrogens (tertiary/aromatic N) is 2. The highest BCUT2D eigenvalue weighted by Crippen LogP contribution is 2.44.